The number of nitrogens with zero attached hydrogens (tertiary/aromatic N) is 2. The SMILES string of the molecule is Nc1ccccc1C=Cc1cc(-c2cc3c(n2OC(=O)C(F)(F)F)CCNC3=O)ccn1. The zero-order valence-electron chi connectivity index (χ0n) is 16.5. The molecule has 0 radical (unpaired) electrons. The van der Waals surface area contributed by atoms with Crippen molar-refractivity contribution >= 4 is 29.7 Å². The van der Waals surface area contributed by atoms with Gasteiger partial charge in [0, 0.05) is 30.4 Å². The maximum Gasteiger partial charge on any atom is 0.493 e. The van der Waals surface area contributed by atoms with E-state index in [1.807, 2.05) is 12.1 Å². The molecule has 3 heterocycles. The molecule has 0 saturated heterocycles. The van der Waals surface area contributed by atoms with Crippen LogP contribution in [0.1, 0.15) is 27.3 Å². The van der Waals surface area contributed by atoms with Crippen molar-refractivity contribution in [3.05, 3.63) is 71.2 Å². The minimum atomic E-state index is -5.19. The number of nitrogens with one attached hydrogen (secondary N) is 1. The zero-order valence-corrected chi connectivity index (χ0v) is 16.5. The summed E-state index contributed by atoms with van der Waals surface area (Å²) in [5.74, 6) is -2.83. The number of halogens is 3. The number of para-hydroxylation sites is 1. The molecule has 0 spiro atoms. The number of carbonyl (C=O) groups is 2. The highest BCUT2D eigenvalue weighted by Crippen LogP contribution is 2.29. The van der Waals surface area contributed by atoms with Crippen LogP contribution in [-0.2, 0) is 11.2 Å². The third-order valence-corrected chi connectivity index (χ3v) is 4.86. The van der Waals surface area contributed by atoms with E-state index in [2.05, 4.69) is 15.1 Å². The number of carbonyl (C=O) groups excluding carboxylic acids is 2. The summed E-state index contributed by atoms with van der Waals surface area (Å²) in [6.07, 6.45) is -0.0742. The van der Waals surface area contributed by atoms with Gasteiger partial charge in [-0.05, 0) is 35.9 Å². The molecule has 4 rings (SSSR count). The first-order chi connectivity index (χ1) is 15.2. The first-order valence-corrected chi connectivity index (χ1v) is 9.55. The number of aromatic nitrogens is 2. The maximum absolute atomic E-state index is 12.8. The molecule has 0 bridgehead atoms. The van der Waals surface area contributed by atoms with Gasteiger partial charge in [-0.3, -0.25) is 9.78 Å². The lowest BCUT2D eigenvalue weighted by atomic mass is 10.1. The van der Waals surface area contributed by atoms with Gasteiger partial charge in [0.25, 0.3) is 5.91 Å². The number of nitrogen functional groups attached to an aromatic ring is 1. The van der Waals surface area contributed by atoms with E-state index in [-0.39, 0.29) is 29.9 Å². The van der Waals surface area contributed by atoms with E-state index in [1.165, 1.54) is 12.3 Å². The van der Waals surface area contributed by atoms with Gasteiger partial charge in [-0.25, -0.2) is 4.79 Å². The molecule has 1 aliphatic heterocycles. The summed E-state index contributed by atoms with van der Waals surface area (Å²) in [5, 5.41) is 2.62. The molecular formula is C22H17F3N4O3. The predicted molar refractivity (Wildman–Crippen MR) is 111 cm³/mol. The monoisotopic (exact) mass is 442 g/mol. The highest BCUT2D eigenvalue weighted by atomic mass is 19.4. The number of hydrogen-bond acceptors (Lipinski definition) is 5. The van der Waals surface area contributed by atoms with Gasteiger partial charge in [0.15, 0.2) is 0 Å². The van der Waals surface area contributed by atoms with E-state index in [1.54, 1.807) is 36.4 Å². The van der Waals surface area contributed by atoms with Gasteiger partial charge in [0.1, 0.15) is 0 Å². The molecule has 1 aromatic carbocycles. The normalized spacial score (nSPS) is 13.7. The van der Waals surface area contributed by atoms with Crippen LogP contribution in [0.25, 0.3) is 23.4 Å². The Labute approximate surface area is 180 Å². The molecule has 0 unspecified atom stereocenters. The molecule has 164 valence electrons. The molecule has 2 aromatic heterocycles. The van der Waals surface area contributed by atoms with Crippen molar-refractivity contribution in [1.82, 2.24) is 15.0 Å². The standard InChI is InChI=1S/C22H17F3N4O3/c23-22(24,25)21(31)32-29-18-8-10-28-20(30)16(18)12-19(29)14-7-9-27-15(11-14)6-5-13-3-1-2-4-17(13)26/h1-7,9,11-12H,8,10,26H2,(H,28,30). The zero-order chi connectivity index (χ0) is 22.9. The fourth-order valence-corrected chi connectivity index (χ4v) is 3.33. The molecule has 10 heteroatoms. The van der Waals surface area contributed by atoms with Crippen LogP contribution in [0.4, 0.5) is 18.9 Å². The molecule has 0 atom stereocenters. The summed E-state index contributed by atoms with van der Waals surface area (Å²) in [5.41, 5.74) is 8.63. The van der Waals surface area contributed by atoms with Crippen LogP contribution < -0.4 is 15.9 Å². The fraction of sp³-hybridized carbons (Fsp3) is 0.136. The summed E-state index contributed by atoms with van der Waals surface area (Å²) in [6.45, 7) is 0.210. The van der Waals surface area contributed by atoms with Crippen LogP contribution in [0.15, 0.2) is 48.7 Å². The highest BCUT2D eigenvalue weighted by molar-refractivity contribution is 5.98. The molecule has 7 nitrogen and oxygen atoms in total. The highest BCUT2D eigenvalue weighted by Gasteiger charge is 2.43. The van der Waals surface area contributed by atoms with Crippen LogP contribution in [0.2, 0.25) is 0 Å². The first-order valence-electron chi connectivity index (χ1n) is 9.55. The number of nitrogens with two attached hydrogens (primary N) is 1. The average molecular weight is 442 g/mol. The lowest BCUT2D eigenvalue weighted by Crippen LogP contribution is -2.37. The third kappa shape index (κ3) is 4.20. The molecular weight excluding hydrogens is 425 g/mol. The van der Waals surface area contributed by atoms with Crippen molar-refractivity contribution in [2.24, 2.45) is 0 Å². The third-order valence-electron chi connectivity index (χ3n) is 4.86. The van der Waals surface area contributed by atoms with E-state index in [4.69, 9.17) is 5.73 Å². The van der Waals surface area contributed by atoms with Gasteiger partial charge in [-0.15, -0.1) is 0 Å². The molecule has 0 saturated carbocycles. The minimum Gasteiger partial charge on any atom is -0.398 e. The van der Waals surface area contributed by atoms with Crippen LogP contribution in [0.3, 0.4) is 0 Å². The van der Waals surface area contributed by atoms with E-state index < -0.39 is 18.1 Å². The predicted octanol–water partition coefficient (Wildman–Crippen LogP) is 3.11. The van der Waals surface area contributed by atoms with Crippen LogP contribution in [0.5, 0.6) is 0 Å². The summed E-state index contributed by atoms with van der Waals surface area (Å²) in [7, 11) is 0. The minimum absolute atomic E-state index is 0.126. The molecule has 1 aliphatic rings. The number of anilines is 1. The van der Waals surface area contributed by atoms with Crippen molar-refractivity contribution in [3.63, 3.8) is 0 Å². The fourth-order valence-electron chi connectivity index (χ4n) is 3.33. The quantitative estimate of drug-likeness (QED) is 0.605. The Morgan fingerprint density at radius 1 is 1.19 bits per heavy atom. The Kier molecular flexibility index (Phi) is 5.43. The molecule has 0 fully saturated rings. The van der Waals surface area contributed by atoms with Crippen LogP contribution in [-0.4, -0.2) is 34.3 Å². The molecule has 0 aliphatic carbocycles. The van der Waals surface area contributed by atoms with Gasteiger partial charge in [0.2, 0.25) is 0 Å². The number of pyridine rings is 1. The molecule has 3 aromatic rings. The Balaban J connectivity index is 1.75. The van der Waals surface area contributed by atoms with E-state index in [0.29, 0.717) is 16.9 Å². The van der Waals surface area contributed by atoms with Gasteiger partial charge < -0.3 is 15.9 Å². The number of amides is 1. The van der Waals surface area contributed by atoms with Gasteiger partial charge in [0.05, 0.1) is 22.6 Å². The van der Waals surface area contributed by atoms with Crippen molar-refractivity contribution < 1.29 is 27.6 Å². The lowest BCUT2D eigenvalue weighted by molar-refractivity contribution is -0.199. The van der Waals surface area contributed by atoms with Crippen molar-refractivity contribution in [3.8, 4) is 11.3 Å². The van der Waals surface area contributed by atoms with Gasteiger partial charge in [-0.2, -0.15) is 17.9 Å². The van der Waals surface area contributed by atoms with Gasteiger partial charge in [-0.1, -0.05) is 24.3 Å². The average Bonchev–Trinajstić information content (AvgIpc) is 3.12. The van der Waals surface area contributed by atoms with Crippen LogP contribution >= 0.6 is 0 Å². The molecule has 3 N–H and O–H groups in total. The topological polar surface area (TPSA) is 99.2 Å². The Hall–Kier alpha value is -4.08. The van der Waals surface area contributed by atoms with Crippen molar-refractivity contribution in [2.75, 3.05) is 12.3 Å². The summed E-state index contributed by atoms with van der Waals surface area (Å²) in [6, 6.07) is 11.8. The van der Waals surface area contributed by atoms with Crippen molar-refractivity contribution in [2.45, 2.75) is 12.6 Å². The second-order valence-electron chi connectivity index (χ2n) is 7.00. The number of fused-ring (bicyclic) bond motifs is 1. The van der Waals surface area contributed by atoms with E-state index >= 15 is 0 Å². The first kappa shape index (κ1) is 21.2. The Morgan fingerprint density at radius 3 is 2.72 bits per heavy atom. The summed E-state index contributed by atoms with van der Waals surface area (Å²) < 4.78 is 39.3. The molecule has 1 amide bonds. The lowest BCUT2D eigenvalue weighted by Gasteiger charge is -2.17. The summed E-state index contributed by atoms with van der Waals surface area (Å²) in [4.78, 5) is 32.6. The van der Waals surface area contributed by atoms with E-state index in [9.17, 15) is 22.8 Å². The van der Waals surface area contributed by atoms with Crippen LogP contribution in [0, 0.1) is 0 Å². The Morgan fingerprint density at radius 2 is 1.97 bits per heavy atom. The van der Waals surface area contributed by atoms with E-state index in [0.717, 1.165) is 10.3 Å². The summed E-state index contributed by atoms with van der Waals surface area (Å²) >= 11 is 0. The number of benzene rings is 1. The van der Waals surface area contributed by atoms with Gasteiger partial charge >= 0.3 is 12.1 Å². The number of hydrogen-bond donors (Lipinski definition) is 2. The Bertz CT molecular complexity index is 1230. The number of rotatable bonds is 4. The van der Waals surface area contributed by atoms with Crippen molar-refractivity contribution in [1.29, 1.82) is 0 Å². The molecule has 32 heavy (non-hydrogen) atoms. The second-order valence-corrected chi connectivity index (χ2v) is 7.00. The maximum atomic E-state index is 12.8. The second kappa shape index (κ2) is 8.22. The largest absolute Gasteiger partial charge is 0.493 e. The smallest absolute Gasteiger partial charge is 0.398 e. The number of alkyl halides is 3.